The molecule has 1 aliphatic carbocycles. The van der Waals surface area contributed by atoms with E-state index in [2.05, 4.69) is 19.3 Å². The number of rotatable bonds is 1. The molecule has 0 unspecified atom stereocenters. The Kier molecular flexibility index (Phi) is 6.10. The van der Waals surface area contributed by atoms with Gasteiger partial charge < -0.3 is 5.32 Å². The summed E-state index contributed by atoms with van der Waals surface area (Å²) in [5.74, 6) is 0.981. The monoisotopic (exact) mass is 205 g/mol. The van der Waals surface area contributed by atoms with E-state index in [-0.39, 0.29) is 0 Å². The molecule has 1 aliphatic rings. The van der Waals surface area contributed by atoms with Crippen LogP contribution in [-0.2, 0) is 0 Å². The average Bonchev–Trinajstić information content (AvgIpc) is 2.33. The molecule has 15 heavy (non-hydrogen) atoms. The van der Waals surface area contributed by atoms with Gasteiger partial charge in [-0.25, -0.2) is 0 Å². The fourth-order valence-electron chi connectivity index (χ4n) is 1.93. The molecular weight excluding hydrogens is 182 g/mol. The smallest absolute Gasteiger partial charge is 0.00642 e. The molecule has 0 amide bonds. The topological polar surface area (TPSA) is 12.0 Å². The van der Waals surface area contributed by atoms with Gasteiger partial charge in [-0.05, 0) is 38.6 Å². The first-order valence-electron chi connectivity index (χ1n) is 6.00. The van der Waals surface area contributed by atoms with Gasteiger partial charge >= 0.3 is 0 Å². The number of benzene rings is 1. The van der Waals surface area contributed by atoms with Gasteiger partial charge in [0.25, 0.3) is 0 Å². The first kappa shape index (κ1) is 12.3. The highest BCUT2D eigenvalue weighted by molar-refractivity contribution is 4.99. The largest absolute Gasteiger partial charge is 0.317 e. The van der Waals surface area contributed by atoms with E-state index in [1.54, 1.807) is 0 Å². The standard InChI is InChI=1S/C8H17N.C6H6/c1-7-3-5-8(9-2)6-4-7;1-2-4-6-5-3-1/h7-9H,3-6H2,1-2H3;1-6H. The molecule has 1 nitrogen and oxygen atoms in total. The normalized spacial score (nSPS) is 25.2. The zero-order valence-corrected chi connectivity index (χ0v) is 9.95. The van der Waals surface area contributed by atoms with Gasteiger partial charge in [-0.1, -0.05) is 43.3 Å². The van der Waals surface area contributed by atoms with Gasteiger partial charge in [0, 0.05) is 6.04 Å². The molecule has 0 saturated heterocycles. The Hall–Kier alpha value is -0.820. The Labute approximate surface area is 93.9 Å². The third-order valence-electron chi connectivity index (χ3n) is 3.09. The van der Waals surface area contributed by atoms with Crippen LogP contribution in [0.5, 0.6) is 0 Å². The van der Waals surface area contributed by atoms with Crippen molar-refractivity contribution in [2.45, 2.75) is 38.6 Å². The molecular formula is C14H23N. The molecule has 1 fully saturated rings. The molecule has 1 N–H and O–H groups in total. The number of nitrogens with one attached hydrogen (secondary N) is 1. The Morgan fingerprint density at radius 1 is 0.800 bits per heavy atom. The van der Waals surface area contributed by atoms with Crippen LogP contribution in [0.1, 0.15) is 32.6 Å². The van der Waals surface area contributed by atoms with Gasteiger partial charge in [-0.3, -0.25) is 0 Å². The summed E-state index contributed by atoms with van der Waals surface area (Å²) in [5.41, 5.74) is 0. The minimum absolute atomic E-state index is 0.821. The van der Waals surface area contributed by atoms with E-state index in [0.29, 0.717) is 0 Å². The molecule has 1 aromatic carbocycles. The van der Waals surface area contributed by atoms with Crippen molar-refractivity contribution in [1.29, 1.82) is 0 Å². The number of hydrogen-bond donors (Lipinski definition) is 1. The minimum Gasteiger partial charge on any atom is -0.317 e. The highest BCUT2D eigenvalue weighted by atomic mass is 14.9. The Bertz CT molecular complexity index is 198. The highest BCUT2D eigenvalue weighted by Crippen LogP contribution is 2.22. The van der Waals surface area contributed by atoms with Crippen LogP contribution >= 0.6 is 0 Å². The van der Waals surface area contributed by atoms with E-state index in [1.807, 2.05) is 36.4 Å². The second-order valence-electron chi connectivity index (χ2n) is 4.40. The summed E-state index contributed by atoms with van der Waals surface area (Å²) in [6.07, 6.45) is 5.62. The third-order valence-corrected chi connectivity index (χ3v) is 3.09. The summed E-state index contributed by atoms with van der Waals surface area (Å²) in [5, 5.41) is 3.32. The van der Waals surface area contributed by atoms with Crippen LogP contribution in [-0.4, -0.2) is 13.1 Å². The first-order chi connectivity index (χ1) is 7.33. The van der Waals surface area contributed by atoms with Crippen LogP contribution in [0.15, 0.2) is 36.4 Å². The van der Waals surface area contributed by atoms with Crippen LogP contribution in [0.25, 0.3) is 0 Å². The Morgan fingerprint density at radius 2 is 1.20 bits per heavy atom. The van der Waals surface area contributed by atoms with Crippen LogP contribution in [0.3, 0.4) is 0 Å². The maximum absolute atomic E-state index is 3.32. The van der Waals surface area contributed by atoms with Gasteiger partial charge in [-0.2, -0.15) is 0 Å². The van der Waals surface area contributed by atoms with Crippen molar-refractivity contribution < 1.29 is 0 Å². The lowest BCUT2D eigenvalue weighted by molar-refractivity contribution is 0.319. The summed E-state index contributed by atoms with van der Waals surface area (Å²) in [7, 11) is 2.07. The van der Waals surface area contributed by atoms with Crippen molar-refractivity contribution >= 4 is 0 Å². The molecule has 1 saturated carbocycles. The minimum atomic E-state index is 0.821. The molecule has 0 aliphatic heterocycles. The highest BCUT2D eigenvalue weighted by Gasteiger charge is 2.15. The van der Waals surface area contributed by atoms with Crippen molar-refractivity contribution in [3.05, 3.63) is 36.4 Å². The molecule has 84 valence electrons. The molecule has 0 aromatic heterocycles. The third kappa shape index (κ3) is 5.58. The van der Waals surface area contributed by atoms with Crippen LogP contribution in [0, 0.1) is 5.92 Å². The Balaban J connectivity index is 0.000000162. The predicted molar refractivity (Wildman–Crippen MR) is 66.9 cm³/mol. The molecule has 1 heteroatoms. The lowest BCUT2D eigenvalue weighted by atomic mass is 9.87. The molecule has 0 atom stereocenters. The van der Waals surface area contributed by atoms with Crippen molar-refractivity contribution in [3.8, 4) is 0 Å². The van der Waals surface area contributed by atoms with Crippen LogP contribution in [0.2, 0.25) is 0 Å². The van der Waals surface area contributed by atoms with Gasteiger partial charge in [0.15, 0.2) is 0 Å². The van der Waals surface area contributed by atoms with E-state index in [9.17, 15) is 0 Å². The average molecular weight is 205 g/mol. The summed E-state index contributed by atoms with van der Waals surface area (Å²) in [6, 6.07) is 12.8. The van der Waals surface area contributed by atoms with Crippen molar-refractivity contribution in [2.75, 3.05) is 7.05 Å². The lowest BCUT2D eigenvalue weighted by Gasteiger charge is -2.25. The van der Waals surface area contributed by atoms with E-state index >= 15 is 0 Å². The van der Waals surface area contributed by atoms with E-state index in [4.69, 9.17) is 0 Å². The van der Waals surface area contributed by atoms with Crippen molar-refractivity contribution in [2.24, 2.45) is 5.92 Å². The van der Waals surface area contributed by atoms with E-state index < -0.39 is 0 Å². The predicted octanol–water partition coefficient (Wildman–Crippen LogP) is 3.47. The number of hydrogen-bond acceptors (Lipinski definition) is 1. The van der Waals surface area contributed by atoms with E-state index in [0.717, 1.165) is 12.0 Å². The van der Waals surface area contributed by atoms with Crippen molar-refractivity contribution in [1.82, 2.24) is 5.32 Å². The van der Waals surface area contributed by atoms with Gasteiger partial charge in [0.2, 0.25) is 0 Å². The first-order valence-corrected chi connectivity index (χ1v) is 6.00. The molecule has 1 aromatic rings. The summed E-state index contributed by atoms with van der Waals surface area (Å²) >= 11 is 0. The summed E-state index contributed by atoms with van der Waals surface area (Å²) < 4.78 is 0. The molecule has 0 bridgehead atoms. The molecule has 2 rings (SSSR count). The van der Waals surface area contributed by atoms with Gasteiger partial charge in [0.1, 0.15) is 0 Å². The molecule has 0 spiro atoms. The Morgan fingerprint density at radius 3 is 1.53 bits per heavy atom. The van der Waals surface area contributed by atoms with E-state index in [1.165, 1.54) is 25.7 Å². The fourth-order valence-corrected chi connectivity index (χ4v) is 1.93. The summed E-state index contributed by atoms with van der Waals surface area (Å²) in [6.45, 7) is 2.35. The zero-order valence-electron chi connectivity index (χ0n) is 9.95. The SMILES string of the molecule is CNC1CCC(C)CC1.c1ccccc1. The maximum atomic E-state index is 3.32. The molecule has 0 heterocycles. The maximum Gasteiger partial charge on any atom is 0.00642 e. The van der Waals surface area contributed by atoms with Gasteiger partial charge in [-0.15, -0.1) is 0 Å². The van der Waals surface area contributed by atoms with Gasteiger partial charge in [0.05, 0.1) is 0 Å². The van der Waals surface area contributed by atoms with Crippen LogP contribution in [0.4, 0.5) is 0 Å². The second kappa shape index (κ2) is 7.47. The lowest BCUT2D eigenvalue weighted by Crippen LogP contribution is -2.29. The van der Waals surface area contributed by atoms with Crippen molar-refractivity contribution in [3.63, 3.8) is 0 Å². The van der Waals surface area contributed by atoms with Crippen LogP contribution < -0.4 is 5.32 Å². The zero-order chi connectivity index (χ0) is 10.9. The second-order valence-corrected chi connectivity index (χ2v) is 4.40. The molecule has 0 radical (unpaired) electrons. The quantitative estimate of drug-likeness (QED) is 0.740. The fraction of sp³-hybridized carbons (Fsp3) is 0.571. The summed E-state index contributed by atoms with van der Waals surface area (Å²) in [4.78, 5) is 0.